The van der Waals surface area contributed by atoms with Gasteiger partial charge in [-0.05, 0) is 41.5 Å². The molecule has 1 saturated heterocycles. The van der Waals surface area contributed by atoms with Gasteiger partial charge in [0.25, 0.3) is 0 Å². The standard InChI is InChI=1S/C15H28N2O4.C2H2O4/c1-14(2,3)20-10-11-13(19)17(8-7-16-11)9-12(18)21-15(4,5)6;3-1(4)2(5)6/h11,16H,7-10H2,1-6H3;(H,3,4)(H,5,6). The summed E-state index contributed by atoms with van der Waals surface area (Å²) in [7, 11) is 0. The number of hydrogen-bond donors (Lipinski definition) is 3. The van der Waals surface area contributed by atoms with Crippen molar-refractivity contribution in [2.45, 2.75) is 58.8 Å². The largest absolute Gasteiger partial charge is 0.473 e. The highest BCUT2D eigenvalue weighted by atomic mass is 16.6. The van der Waals surface area contributed by atoms with E-state index in [9.17, 15) is 9.59 Å². The molecule has 1 unspecified atom stereocenters. The summed E-state index contributed by atoms with van der Waals surface area (Å²) in [6.07, 6.45) is 0. The Bertz CT molecular complexity index is 536. The zero-order chi connectivity index (χ0) is 21.4. The Hall–Kier alpha value is -2.20. The predicted molar refractivity (Wildman–Crippen MR) is 95.2 cm³/mol. The molecule has 156 valence electrons. The molecule has 10 nitrogen and oxygen atoms in total. The van der Waals surface area contributed by atoms with Crippen LogP contribution in [-0.4, -0.2) is 82.4 Å². The van der Waals surface area contributed by atoms with Crippen molar-refractivity contribution in [1.82, 2.24) is 10.2 Å². The van der Waals surface area contributed by atoms with Crippen molar-refractivity contribution < 1.29 is 38.9 Å². The summed E-state index contributed by atoms with van der Waals surface area (Å²) in [5.74, 6) is -4.14. The number of carbonyl (C=O) groups excluding carboxylic acids is 2. The molecule has 27 heavy (non-hydrogen) atoms. The average Bonchev–Trinajstić information content (AvgIpc) is 2.46. The first-order chi connectivity index (χ1) is 12.1. The molecule has 0 aromatic rings. The third-order valence-corrected chi connectivity index (χ3v) is 2.99. The van der Waals surface area contributed by atoms with Crippen LogP contribution in [0.4, 0.5) is 0 Å². The van der Waals surface area contributed by atoms with Crippen molar-refractivity contribution in [3.05, 3.63) is 0 Å². The lowest BCUT2D eigenvalue weighted by Gasteiger charge is -2.34. The van der Waals surface area contributed by atoms with Gasteiger partial charge in [0.05, 0.1) is 12.2 Å². The van der Waals surface area contributed by atoms with Gasteiger partial charge < -0.3 is 29.9 Å². The summed E-state index contributed by atoms with van der Waals surface area (Å²) < 4.78 is 10.9. The molecular formula is C17H30N2O8. The van der Waals surface area contributed by atoms with Crippen LogP contribution in [0.3, 0.4) is 0 Å². The Morgan fingerprint density at radius 2 is 1.59 bits per heavy atom. The molecule has 1 fully saturated rings. The number of hydrogen-bond acceptors (Lipinski definition) is 7. The Labute approximate surface area is 158 Å². The number of carboxylic acids is 2. The van der Waals surface area contributed by atoms with E-state index >= 15 is 0 Å². The first-order valence-corrected chi connectivity index (χ1v) is 8.46. The van der Waals surface area contributed by atoms with Crippen molar-refractivity contribution in [2.24, 2.45) is 0 Å². The van der Waals surface area contributed by atoms with E-state index in [1.165, 1.54) is 4.90 Å². The number of amides is 1. The maximum Gasteiger partial charge on any atom is 0.414 e. The number of nitrogens with one attached hydrogen (secondary N) is 1. The summed E-state index contributed by atoms with van der Waals surface area (Å²) >= 11 is 0. The summed E-state index contributed by atoms with van der Waals surface area (Å²) in [6.45, 7) is 12.7. The summed E-state index contributed by atoms with van der Waals surface area (Å²) in [5, 5.41) is 17.9. The van der Waals surface area contributed by atoms with Crippen LogP contribution in [0.5, 0.6) is 0 Å². The van der Waals surface area contributed by atoms with Gasteiger partial charge in [-0.15, -0.1) is 0 Å². The van der Waals surface area contributed by atoms with Crippen LogP contribution in [0.15, 0.2) is 0 Å². The molecular weight excluding hydrogens is 360 g/mol. The molecule has 1 amide bonds. The minimum absolute atomic E-state index is 0.0101. The lowest BCUT2D eigenvalue weighted by Crippen LogP contribution is -2.58. The topological polar surface area (TPSA) is 142 Å². The van der Waals surface area contributed by atoms with Crippen molar-refractivity contribution in [3.8, 4) is 0 Å². The van der Waals surface area contributed by atoms with Gasteiger partial charge in [-0.25, -0.2) is 9.59 Å². The minimum atomic E-state index is -1.82. The van der Waals surface area contributed by atoms with E-state index in [2.05, 4.69) is 5.32 Å². The molecule has 0 aromatic carbocycles. The zero-order valence-electron chi connectivity index (χ0n) is 16.7. The summed E-state index contributed by atoms with van der Waals surface area (Å²) in [5.41, 5.74) is -0.835. The lowest BCUT2D eigenvalue weighted by molar-refractivity contribution is -0.160. The second-order valence-corrected chi connectivity index (χ2v) is 7.89. The maximum atomic E-state index is 12.3. The average molecular weight is 390 g/mol. The first-order valence-electron chi connectivity index (χ1n) is 8.46. The van der Waals surface area contributed by atoms with Crippen LogP contribution in [0.25, 0.3) is 0 Å². The Kier molecular flexibility index (Phi) is 9.38. The van der Waals surface area contributed by atoms with Gasteiger partial charge >= 0.3 is 17.9 Å². The Morgan fingerprint density at radius 3 is 2.00 bits per heavy atom. The number of esters is 1. The molecule has 0 aliphatic carbocycles. The van der Waals surface area contributed by atoms with E-state index < -0.39 is 23.6 Å². The third-order valence-electron chi connectivity index (χ3n) is 2.99. The normalized spacial score (nSPS) is 17.6. The van der Waals surface area contributed by atoms with Gasteiger partial charge in [-0.3, -0.25) is 9.59 Å². The summed E-state index contributed by atoms with van der Waals surface area (Å²) in [4.78, 5) is 43.9. The van der Waals surface area contributed by atoms with E-state index in [0.29, 0.717) is 19.7 Å². The molecule has 0 bridgehead atoms. The first kappa shape index (κ1) is 24.8. The van der Waals surface area contributed by atoms with Crippen LogP contribution in [0, 0.1) is 0 Å². The van der Waals surface area contributed by atoms with Gasteiger partial charge in [0.15, 0.2) is 0 Å². The molecule has 0 aromatic heterocycles. The second-order valence-electron chi connectivity index (χ2n) is 7.89. The van der Waals surface area contributed by atoms with E-state index in [-0.39, 0.29) is 24.0 Å². The van der Waals surface area contributed by atoms with Crippen molar-refractivity contribution in [1.29, 1.82) is 0 Å². The van der Waals surface area contributed by atoms with E-state index in [1.807, 2.05) is 41.5 Å². The minimum Gasteiger partial charge on any atom is -0.473 e. The van der Waals surface area contributed by atoms with Crippen molar-refractivity contribution >= 4 is 23.8 Å². The Morgan fingerprint density at radius 1 is 1.07 bits per heavy atom. The number of carboxylic acid groups (broad SMARTS) is 2. The third kappa shape index (κ3) is 11.9. The van der Waals surface area contributed by atoms with Crippen LogP contribution >= 0.6 is 0 Å². The van der Waals surface area contributed by atoms with Crippen LogP contribution in [-0.2, 0) is 28.7 Å². The summed E-state index contributed by atoms with van der Waals surface area (Å²) in [6, 6.07) is -0.402. The molecule has 0 saturated carbocycles. The predicted octanol–water partition coefficient (Wildman–Crippen LogP) is 0.0992. The molecule has 1 heterocycles. The van der Waals surface area contributed by atoms with Gasteiger partial charge in [0.1, 0.15) is 18.2 Å². The molecule has 1 atom stereocenters. The van der Waals surface area contributed by atoms with Crippen molar-refractivity contribution in [3.63, 3.8) is 0 Å². The maximum absolute atomic E-state index is 12.3. The molecule has 0 spiro atoms. The van der Waals surface area contributed by atoms with Gasteiger partial charge in [-0.1, -0.05) is 0 Å². The van der Waals surface area contributed by atoms with Gasteiger partial charge in [-0.2, -0.15) is 0 Å². The highest BCUT2D eigenvalue weighted by Gasteiger charge is 2.31. The fourth-order valence-corrected chi connectivity index (χ4v) is 1.94. The molecule has 10 heteroatoms. The second kappa shape index (κ2) is 10.2. The van der Waals surface area contributed by atoms with Crippen LogP contribution in [0.1, 0.15) is 41.5 Å². The highest BCUT2D eigenvalue weighted by Crippen LogP contribution is 2.11. The van der Waals surface area contributed by atoms with E-state index in [0.717, 1.165) is 0 Å². The SMILES string of the molecule is CC(C)(C)OCC1NCCN(CC(=O)OC(C)(C)C)C1=O.O=C(O)C(=O)O. The Balaban J connectivity index is 0.000000972. The number of ether oxygens (including phenoxy) is 2. The van der Waals surface area contributed by atoms with Crippen LogP contribution < -0.4 is 5.32 Å². The van der Waals surface area contributed by atoms with Gasteiger partial charge in [0, 0.05) is 13.1 Å². The van der Waals surface area contributed by atoms with E-state index in [1.54, 1.807) is 0 Å². The monoisotopic (exact) mass is 390 g/mol. The number of carbonyl (C=O) groups is 4. The molecule has 1 aliphatic rings. The fourth-order valence-electron chi connectivity index (χ4n) is 1.94. The van der Waals surface area contributed by atoms with E-state index in [4.69, 9.17) is 29.3 Å². The number of rotatable bonds is 4. The highest BCUT2D eigenvalue weighted by molar-refractivity contribution is 6.27. The van der Waals surface area contributed by atoms with Crippen LogP contribution in [0.2, 0.25) is 0 Å². The number of piperazine rings is 1. The molecule has 1 rings (SSSR count). The lowest BCUT2D eigenvalue weighted by atomic mass is 10.1. The molecule has 3 N–H and O–H groups in total. The molecule has 1 aliphatic heterocycles. The number of nitrogens with zero attached hydrogens (tertiary/aromatic N) is 1. The van der Waals surface area contributed by atoms with Crippen molar-refractivity contribution in [2.75, 3.05) is 26.2 Å². The fraction of sp³-hybridized carbons (Fsp3) is 0.765. The molecule has 0 radical (unpaired) electrons. The quantitative estimate of drug-likeness (QED) is 0.450. The zero-order valence-corrected chi connectivity index (χ0v) is 16.7. The number of aliphatic carboxylic acids is 2. The smallest absolute Gasteiger partial charge is 0.414 e. The van der Waals surface area contributed by atoms with Gasteiger partial charge in [0.2, 0.25) is 5.91 Å².